The van der Waals surface area contributed by atoms with Gasteiger partial charge in [-0.2, -0.15) is 0 Å². The molecule has 0 heterocycles. The van der Waals surface area contributed by atoms with Gasteiger partial charge in [-0.3, -0.25) is 4.79 Å². The number of ether oxygens (including phenoxy) is 2. The summed E-state index contributed by atoms with van der Waals surface area (Å²) >= 11 is 0. The lowest BCUT2D eigenvalue weighted by Crippen LogP contribution is -2.13. The van der Waals surface area contributed by atoms with Gasteiger partial charge < -0.3 is 9.47 Å². The standard InChI is InChI=1S/C10H13NO4/c1-5-14-9(12)7(3)8(11-4)10(13)15-6-2/h5-6H2,1-3H3/b8-7+. The molecule has 0 bridgehead atoms. The summed E-state index contributed by atoms with van der Waals surface area (Å²) < 4.78 is 9.29. The second-order valence-corrected chi connectivity index (χ2v) is 2.53. The summed E-state index contributed by atoms with van der Waals surface area (Å²) in [4.78, 5) is 25.4. The molecule has 0 saturated heterocycles. The highest BCUT2D eigenvalue weighted by molar-refractivity contribution is 6.01. The first-order chi connectivity index (χ1) is 7.08. The molecule has 0 aliphatic heterocycles. The maximum absolute atomic E-state index is 11.2. The van der Waals surface area contributed by atoms with E-state index >= 15 is 0 Å². The summed E-state index contributed by atoms with van der Waals surface area (Å²) in [6, 6.07) is 0. The van der Waals surface area contributed by atoms with Crippen LogP contribution in [0.2, 0.25) is 0 Å². The summed E-state index contributed by atoms with van der Waals surface area (Å²) in [5.74, 6) is -1.46. The van der Waals surface area contributed by atoms with Gasteiger partial charge in [-0.25, -0.2) is 9.64 Å². The number of rotatable bonds is 4. The molecule has 0 unspecified atom stereocenters. The number of carbonyl (C=O) groups is 2. The van der Waals surface area contributed by atoms with E-state index < -0.39 is 11.9 Å². The van der Waals surface area contributed by atoms with Crippen molar-refractivity contribution in [1.29, 1.82) is 0 Å². The highest BCUT2D eigenvalue weighted by atomic mass is 16.5. The first kappa shape index (κ1) is 13.2. The molecule has 0 radical (unpaired) electrons. The molecular weight excluding hydrogens is 198 g/mol. The molecule has 0 aliphatic rings. The maximum atomic E-state index is 11.2. The van der Waals surface area contributed by atoms with Crippen molar-refractivity contribution < 1.29 is 19.1 Å². The molecule has 0 amide bonds. The molecule has 0 aliphatic carbocycles. The molecule has 0 N–H and O–H groups in total. The van der Waals surface area contributed by atoms with E-state index in [1.54, 1.807) is 13.8 Å². The van der Waals surface area contributed by atoms with Gasteiger partial charge in [0.05, 0.1) is 19.8 Å². The molecular formula is C10H13NO4. The van der Waals surface area contributed by atoms with E-state index in [0.29, 0.717) is 0 Å². The highest BCUT2D eigenvalue weighted by Gasteiger charge is 2.19. The SMILES string of the molecule is [C-]#[N+]/C(C(=O)OCC)=C(\C)C(=O)OCC. The Labute approximate surface area is 88.5 Å². The quantitative estimate of drug-likeness (QED) is 0.399. The van der Waals surface area contributed by atoms with Gasteiger partial charge >= 0.3 is 11.9 Å². The third-order valence-corrected chi connectivity index (χ3v) is 1.52. The first-order valence-electron chi connectivity index (χ1n) is 4.51. The molecule has 0 rings (SSSR count). The van der Waals surface area contributed by atoms with Gasteiger partial charge in [0.2, 0.25) is 0 Å². The Kier molecular flexibility index (Phi) is 5.79. The lowest BCUT2D eigenvalue weighted by Gasteiger charge is -2.04. The van der Waals surface area contributed by atoms with Crippen molar-refractivity contribution in [2.75, 3.05) is 13.2 Å². The number of hydrogen-bond acceptors (Lipinski definition) is 4. The van der Waals surface area contributed by atoms with E-state index in [0.717, 1.165) is 0 Å². The zero-order chi connectivity index (χ0) is 11.8. The summed E-state index contributed by atoms with van der Waals surface area (Å²) in [5, 5.41) is 0. The summed E-state index contributed by atoms with van der Waals surface area (Å²) in [5.41, 5.74) is -0.347. The minimum absolute atomic E-state index is 0.0229. The molecule has 0 saturated carbocycles. The Bertz CT molecular complexity index is 325. The lowest BCUT2D eigenvalue weighted by molar-refractivity contribution is -0.141. The van der Waals surface area contributed by atoms with Crippen molar-refractivity contribution in [2.24, 2.45) is 0 Å². The summed E-state index contributed by atoms with van der Waals surface area (Å²) in [6.07, 6.45) is 0. The maximum Gasteiger partial charge on any atom is 0.336 e. The zero-order valence-electron chi connectivity index (χ0n) is 8.99. The topological polar surface area (TPSA) is 57.0 Å². The van der Waals surface area contributed by atoms with E-state index in [4.69, 9.17) is 6.57 Å². The molecule has 0 atom stereocenters. The summed E-state index contributed by atoms with van der Waals surface area (Å²) in [7, 11) is 0. The Hall–Kier alpha value is -1.83. The van der Waals surface area contributed by atoms with Crippen molar-refractivity contribution in [2.45, 2.75) is 20.8 Å². The van der Waals surface area contributed by atoms with Crippen molar-refractivity contribution in [3.63, 3.8) is 0 Å². The number of hydrogen-bond donors (Lipinski definition) is 0. The van der Waals surface area contributed by atoms with Crippen LogP contribution in [-0.4, -0.2) is 25.2 Å². The van der Waals surface area contributed by atoms with Crippen LogP contribution in [0.15, 0.2) is 11.3 Å². The van der Waals surface area contributed by atoms with Crippen LogP contribution in [0.25, 0.3) is 4.85 Å². The molecule has 82 valence electrons. The van der Waals surface area contributed by atoms with Crippen LogP contribution in [0.5, 0.6) is 0 Å². The van der Waals surface area contributed by atoms with Crippen LogP contribution >= 0.6 is 0 Å². The van der Waals surface area contributed by atoms with Gasteiger partial charge in [-0.15, -0.1) is 0 Å². The second-order valence-electron chi connectivity index (χ2n) is 2.53. The van der Waals surface area contributed by atoms with E-state index in [-0.39, 0.29) is 24.5 Å². The van der Waals surface area contributed by atoms with Crippen LogP contribution < -0.4 is 0 Å². The predicted octanol–water partition coefficient (Wildman–Crippen LogP) is 1.31. The van der Waals surface area contributed by atoms with Crippen LogP contribution in [0.3, 0.4) is 0 Å². The molecule has 0 spiro atoms. The monoisotopic (exact) mass is 211 g/mol. The van der Waals surface area contributed by atoms with Crippen LogP contribution in [0.1, 0.15) is 20.8 Å². The molecule has 0 fully saturated rings. The minimum atomic E-state index is -0.793. The van der Waals surface area contributed by atoms with Gasteiger partial charge in [0.25, 0.3) is 5.70 Å². The van der Waals surface area contributed by atoms with Crippen LogP contribution in [0.4, 0.5) is 0 Å². The fraction of sp³-hybridized carbons (Fsp3) is 0.500. The van der Waals surface area contributed by atoms with E-state index in [9.17, 15) is 9.59 Å². The van der Waals surface area contributed by atoms with Crippen molar-refractivity contribution in [1.82, 2.24) is 0 Å². The third kappa shape index (κ3) is 3.81. The van der Waals surface area contributed by atoms with E-state index in [1.807, 2.05) is 0 Å². The van der Waals surface area contributed by atoms with E-state index in [1.165, 1.54) is 6.92 Å². The van der Waals surface area contributed by atoms with Gasteiger partial charge in [-0.05, 0) is 20.8 Å². The lowest BCUT2D eigenvalue weighted by atomic mass is 10.2. The minimum Gasteiger partial charge on any atom is -0.471 e. The molecule has 5 nitrogen and oxygen atoms in total. The fourth-order valence-electron chi connectivity index (χ4n) is 0.818. The number of esters is 2. The smallest absolute Gasteiger partial charge is 0.336 e. The molecule has 0 aromatic carbocycles. The fourth-order valence-corrected chi connectivity index (χ4v) is 0.818. The highest BCUT2D eigenvalue weighted by Crippen LogP contribution is 2.09. The summed E-state index contributed by atoms with van der Waals surface area (Å²) in [6.45, 7) is 11.8. The number of nitrogens with zero attached hydrogens (tertiary/aromatic N) is 1. The molecule has 0 aromatic rings. The molecule has 5 heteroatoms. The van der Waals surface area contributed by atoms with Crippen molar-refractivity contribution >= 4 is 11.9 Å². The van der Waals surface area contributed by atoms with Crippen LogP contribution in [-0.2, 0) is 19.1 Å². The molecule has 0 aromatic heterocycles. The average molecular weight is 211 g/mol. The van der Waals surface area contributed by atoms with Gasteiger partial charge in [0.15, 0.2) is 0 Å². The van der Waals surface area contributed by atoms with Crippen molar-refractivity contribution in [3.8, 4) is 0 Å². The Morgan fingerprint density at radius 2 is 1.60 bits per heavy atom. The second kappa shape index (κ2) is 6.60. The van der Waals surface area contributed by atoms with Gasteiger partial charge in [0.1, 0.15) is 0 Å². The van der Waals surface area contributed by atoms with Gasteiger partial charge in [-0.1, -0.05) is 0 Å². The van der Waals surface area contributed by atoms with Gasteiger partial charge in [0, 0.05) is 5.57 Å². The van der Waals surface area contributed by atoms with Crippen molar-refractivity contribution in [3.05, 3.63) is 22.7 Å². The zero-order valence-corrected chi connectivity index (χ0v) is 8.99. The normalized spacial score (nSPS) is 11.1. The Balaban J connectivity index is 4.91. The molecule has 15 heavy (non-hydrogen) atoms. The Morgan fingerprint density at radius 3 is 2.00 bits per heavy atom. The third-order valence-electron chi connectivity index (χ3n) is 1.52. The van der Waals surface area contributed by atoms with Crippen LogP contribution in [0, 0.1) is 6.57 Å². The largest absolute Gasteiger partial charge is 0.471 e. The first-order valence-corrected chi connectivity index (χ1v) is 4.51. The van der Waals surface area contributed by atoms with E-state index in [2.05, 4.69) is 14.3 Å². The number of carbonyl (C=O) groups excluding carboxylic acids is 2. The average Bonchev–Trinajstić information content (AvgIpc) is 2.19. The Morgan fingerprint density at radius 1 is 1.13 bits per heavy atom. The predicted molar refractivity (Wildman–Crippen MR) is 52.6 cm³/mol.